The van der Waals surface area contributed by atoms with Gasteiger partial charge in [0.05, 0.1) is 101 Å². The van der Waals surface area contributed by atoms with Crippen molar-refractivity contribution in [3.05, 3.63) is 237 Å². The van der Waals surface area contributed by atoms with Gasteiger partial charge in [-0.3, -0.25) is 0 Å². The number of hydrogen-bond acceptors (Lipinski definition) is 19. The molecule has 10 rings (SSSR count). The maximum atomic E-state index is 11.2. The molecule has 21 nitrogen and oxygen atoms in total. The predicted octanol–water partition coefficient (Wildman–Crippen LogP) is 21.4. The lowest BCUT2D eigenvalue weighted by Crippen LogP contribution is -2.00. The molecule has 0 heterocycles. The van der Waals surface area contributed by atoms with E-state index in [9.17, 15) is 19.8 Å². The number of methoxy groups -OCH3 is 10. The number of aromatic carboxylic acids is 2. The molecule has 0 amide bonds. The number of hydrogen-bond donors (Lipinski definition) is 4. The van der Waals surface area contributed by atoms with Crippen molar-refractivity contribution in [2.45, 2.75) is 18.4 Å². The number of carbonyl (C=O) groups is 2. The summed E-state index contributed by atoms with van der Waals surface area (Å²) >= 11 is 25.8. The summed E-state index contributed by atoms with van der Waals surface area (Å²) in [6, 6.07) is 54.2. The fourth-order valence-corrected chi connectivity index (χ4v) is 11.0. The number of rotatable bonds is 23. The first kappa shape index (κ1) is 85.4. The maximum Gasteiger partial charge on any atom is 0.339 e. The fourth-order valence-electron chi connectivity index (χ4n) is 8.42. The highest BCUT2D eigenvalue weighted by atomic mass is 79.9. The molecule has 0 fully saturated rings. The minimum absolute atomic E-state index is 0.0694. The molecule has 28 heteroatoms. The third-order valence-corrected chi connectivity index (χ3v) is 16.9. The van der Waals surface area contributed by atoms with Crippen LogP contribution in [0.2, 0.25) is 5.02 Å². The van der Waals surface area contributed by atoms with E-state index < -0.39 is 11.9 Å². The van der Waals surface area contributed by atoms with Crippen molar-refractivity contribution in [2.24, 2.45) is 0 Å². The Morgan fingerprint density at radius 1 is 0.356 bits per heavy atom. The van der Waals surface area contributed by atoms with E-state index in [-0.39, 0.29) is 40.7 Å². The second-order valence-electron chi connectivity index (χ2n) is 20.4. The smallest absolute Gasteiger partial charge is 0.339 e. The first-order valence-corrected chi connectivity index (χ1v) is 35.5. The Hall–Kier alpha value is -9.24. The predicted molar refractivity (Wildman–Crippen MR) is 417 cm³/mol. The SMILES string of the molecule is COc1cc(O)cc(OC)c1.COc1cc(OC)cc(Oc2cc(Br)ccc2C(=O)O)c1.COc1cc(OC)cc(Oc2cc(Br)ccc2CBr)c1.COc1cc(OC)cc(Oc2cc(Br)ccc2CC#N)c1.COc1cc(OC)cc(Oc2cc(Br)ccc2CO)c1.O=C(O)c1ccc(Br)cc1Cl. The van der Waals surface area contributed by atoms with Crippen LogP contribution in [-0.4, -0.2) is 103 Å². The van der Waals surface area contributed by atoms with Gasteiger partial charge in [0.1, 0.15) is 115 Å². The van der Waals surface area contributed by atoms with E-state index in [4.69, 9.17) is 93.4 Å². The number of nitrogens with zero attached hydrogens (tertiary/aromatic N) is 1. The number of phenolic OH excluding ortho intramolecular Hbond substituents is 1. The highest BCUT2D eigenvalue weighted by Crippen LogP contribution is 2.39. The molecule has 10 aromatic rings. The summed E-state index contributed by atoms with van der Waals surface area (Å²) < 4.78 is 78.9. The van der Waals surface area contributed by atoms with E-state index in [1.165, 1.54) is 52.7 Å². The monoisotopic (exact) mass is 1820 g/mol. The third kappa shape index (κ3) is 28.1. The highest BCUT2D eigenvalue weighted by molar-refractivity contribution is 9.11. The van der Waals surface area contributed by atoms with E-state index >= 15 is 0 Å². The van der Waals surface area contributed by atoms with Crippen LogP contribution in [0.1, 0.15) is 37.4 Å². The van der Waals surface area contributed by atoms with Gasteiger partial charge in [0.2, 0.25) is 0 Å². The second-order valence-corrected chi connectivity index (χ2v) is 26.0. The Bertz CT molecular complexity index is 4310. The number of aromatic hydroxyl groups is 1. The molecule has 548 valence electrons. The Morgan fingerprint density at radius 2 is 0.606 bits per heavy atom. The molecule has 0 aromatic heterocycles. The average Bonchev–Trinajstić information content (AvgIpc) is 0.849. The van der Waals surface area contributed by atoms with Crippen LogP contribution in [0.15, 0.2) is 204 Å². The van der Waals surface area contributed by atoms with Gasteiger partial charge in [-0.1, -0.05) is 125 Å². The molecule has 104 heavy (non-hydrogen) atoms. The molecule has 4 N–H and O–H groups in total. The highest BCUT2D eigenvalue weighted by Gasteiger charge is 2.16. The zero-order chi connectivity index (χ0) is 76.4. The van der Waals surface area contributed by atoms with Crippen LogP contribution in [0.5, 0.6) is 109 Å². The van der Waals surface area contributed by atoms with Crippen molar-refractivity contribution >= 4 is 119 Å². The lowest BCUT2D eigenvalue weighted by Gasteiger charge is -2.12. The van der Waals surface area contributed by atoms with E-state index in [2.05, 4.69) is 102 Å². The molecule has 0 saturated heterocycles. The van der Waals surface area contributed by atoms with Crippen LogP contribution >= 0.6 is 107 Å². The molecule has 0 saturated carbocycles. The summed E-state index contributed by atoms with van der Waals surface area (Å²) in [7, 11) is 15.7. The van der Waals surface area contributed by atoms with E-state index in [0.717, 1.165) is 44.6 Å². The van der Waals surface area contributed by atoms with Crippen LogP contribution in [0.3, 0.4) is 0 Å². The van der Waals surface area contributed by atoms with Gasteiger partial charge in [0.25, 0.3) is 0 Å². The van der Waals surface area contributed by atoms with Crippen molar-refractivity contribution in [1.82, 2.24) is 0 Å². The van der Waals surface area contributed by atoms with Gasteiger partial charge in [-0.25, -0.2) is 9.59 Å². The van der Waals surface area contributed by atoms with Crippen molar-refractivity contribution in [2.75, 3.05) is 71.1 Å². The van der Waals surface area contributed by atoms with Gasteiger partial charge in [-0.2, -0.15) is 5.26 Å². The summed E-state index contributed by atoms with van der Waals surface area (Å²) in [5.74, 6) is 8.75. The largest absolute Gasteiger partial charge is 0.508 e. The zero-order valence-corrected chi connectivity index (χ0v) is 67.6. The lowest BCUT2D eigenvalue weighted by atomic mass is 10.1. The van der Waals surface area contributed by atoms with Crippen LogP contribution < -0.4 is 66.3 Å². The second kappa shape index (κ2) is 44.4. The molecule has 0 bridgehead atoms. The average molecular weight is 1830 g/mol. The van der Waals surface area contributed by atoms with Gasteiger partial charge in [0.15, 0.2) is 0 Å². The molecule has 0 aliphatic heterocycles. The normalized spacial score (nSPS) is 9.93. The van der Waals surface area contributed by atoms with Gasteiger partial charge >= 0.3 is 11.9 Å². The number of halogens is 7. The number of ether oxygens (including phenoxy) is 14. The number of benzene rings is 10. The number of aliphatic hydroxyl groups is 1. The van der Waals surface area contributed by atoms with Crippen molar-refractivity contribution in [3.63, 3.8) is 0 Å². The molecule has 0 radical (unpaired) electrons. The molecule has 0 spiro atoms. The molecule has 0 unspecified atom stereocenters. The van der Waals surface area contributed by atoms with Crippen molar-refractivity contribution in [1.29, 1.82) is 5.26 Å². The van der Waals surface area contributed by atoms with Gasteiger partial charge in [-0.15, -0.1) is 0 Å². The van der Waals surface area contributed by atoms with Crippen LogP contribution in [0, 0.1) is 11.3 Å². The lowest BCUT2D eigenvalue weighted by molar-refractivity contribution is 0.0684. The quantitative estimate of drug-likeness (QED) is 0.0433. The third-order valence-electron chi connectivity index (χ3n) is 13.6. The maximum absolute atomic E-state index is 11.2. The molecule has 0 aliphatic rings. The number of phenols is 1. The number of aliphatic hydroxyl groups excluding tert-OH is 1. The fraction of sp³-hybridized carbons (Fsp3) is 0.171. The van der Waals surface area contributed by atoms with Crippen LogP contribution in [0.25, 0.3) is 0 Å². The summed E-state index contributed by atoms with van der Waals surface area (Å²) in [6.07, 6.45) is 0.281. The molecule has 0 aliphatic carbocycles. The van der Waals surface area contributed by atoms with Crippen LogP contribution in [-0.2, 0) is 18.4 Å². The summed E-state index contributed by atoms with van der Waals surface area (Å²) in [4.78, 5) is 21.7. The summed E-state index contributed by atoms with van der Waals surface area (Å²) in [5.41, 5.74) is 2.78. The molecule has 10 aromatic carbocycles. The van der Waals surface area contributed by atoms with E-state index in [1.54, 1.807) is 146 Å². The van der Waals surface area contributed by atoms with E-state index in [0.29, 0.717) is 97.6 Å². The molecule has 0 atom stereocenters. The minimum Gasteiger partial charge on any atom is -0.508 e. The standard InChI is InChI=1S/C16H14BrNO3.C15H14Br2O3.C15H13BrO5.C15H15BrO4.C8H10O3.C7H4BrClO2/c1-19-13-8-14(20-2)10-15(9-13)21-16-7-12(17)4-3-11(16)5-6-18;1-18-12-6-13(19-2)8-14(7-12)20-15-5-11(17)4-3-10(15)9-16;1-19-10-6-11(20-2)8-12(7-10)21-14-5-9(16)3-4-13(14)15(17)18;1-18-12-6-13(19-2)8-14(7-12)20-15-5-11(16)4-3-10(15)9-17;1-10-7-3-6(9)4-8(5-7)11-2;8-4-1-2-5(7(10)11)6(9)3-4/h3-4,7-10H,5H2,1-2H3;3-8H,9H2,1-2H3;3-8H,1-2H3,(H,17,18);3-8,17H,9H2,1-2H3;3-5,9H,1-2H3;1-3H,(H,10,11). The Labute approximate surface area is 657 Å². The Balaban J connectivity index is 0.000000228. The Morgan fingerprint density at radius 3 is 0.904 bits per heavy atom. The van der Waals surface area contributed by atoms with Crippen molar-refractivity contribution < 1.29 is 96.3 Å². The van der Waals surface area contributed by atoms with Gasteiger partial charge in [0, 0.05) is 135 Å². The first-order valence-electron chi connectivity index (χ1n) is 30.0. The van der Waals surface area contributed by atoms with Crippen LogP contribution in [0.4, 0.5) is 0 Å². The Kier molecular flexibility index (Phi) is 36.5. The zero-order valence-electron chi connectivity index (χ0n) is 57.4. The van der Waals surface area contributed by atoms with Gasteiger partial charge < -0.3 is 86.7 Å². The van der Waals surface area contributed by atoms with E-state index in [1.807, 2.05) is 54.6 Å². The van der Waals surface area contributed by atoms with Crippen molar-refractivity contribution in [3.8, 4) is 115 Å². The molecular formula is C76H70Br6ClNO20. The topological polar surface area (TPSA) is 268 Å². The first-order chi connectivity index (χ1) is 49.9. The minimum atomic E-state index is -1.06. The number of alkyl halides is 1. The summed E-state index contributed by atoms with van der Waals surface area (Å²) in [5, 5.41) is 46.0. The molecular weight excluding hydrogens is 1760 g/mol. The number of carboxylic acid groups (broad SMARTS) is 2. The van der Waals surface area contributed by atoms with Gasteiger partial charge in [-0.05, 0) is 72.8 Å². The number of nitriles is 1. The number of carboxylic acids is 2. The summed E-state index contributed by atoms with van der Waals surface area (Å²) in [6.45, 7) is -0.0935.